The number of aromatic nitrogens is 1. The second-order valence-corrected chi connectivity index (χ2v) is 8.83. The average molecular weight is 471 g/mol. The summed E-state index contributed by atoms with van der Waals surface area (Å²) in [6.07, 6.45) is 0. The number of carbonyl (C=O) groups excluding carboxylic acids is 1. The van der Waals surface area contributed by atoms with Crippen LogP contribution in [0.3, 0.4) is 0 Å². The largest absolute Gasteiger partial charge is 0.497 e. The molecule has 0 fully saturated rings. The third-order valence-corrected chi connectivity index (χ3v) is 7.03. The van der Waals surface area contributed by atoms with Gasteiger partial charge >= 0.3 is 0 Å². The van der Waals surface area contributed by atoms with Gasteiger partial charge in [-0.05, 0) is 42.5 Å². The molecule has 0 bridgehead atoms. The predicted octanol–water partition coefficient (Wildman–Crippen LogP) is 5.17. The molecule has 7 nitrogen and oxygen atoms in total. The molecule has 0 N–H and O–H groups in total. The molecule has 1 aliphatic heterocycles. The maximum Gasteiger partial charge on any atom is 0.297 e. The molecule has 168 valence electrons. The van der Waals surface area contributed by atoms with Crippen molar-refractivity contribution in [3.05, 3.63) is 93.8 Å². The Morgan fingerprint density at radius 2 is 1.76 bits per heavy atom. The van der Waals surface area contributed by atoms with Crippen LogP contribution in [0.25, 0.3) is 21.2 Å². The lowest BCUT2D eigenvalue weighted by atomic mass is 9.97. The third-order valence-electron chi connectivity index (χ3n) is 6.00. The van der Waals surface area contributed by atoms with E-state index in [1.807, 2.05) is 24.3 Å². The number of para-hydroxylation sites is 2. The van der Waals surface area contributed by atoms with Crippen molar-refractivity contribution >= 4 is 43.6 Å². The van der Waals surface area contributed by atoms with Crippen LogP contribution in [0.2, 0.25) is 0 Å². The van der Waals surface area contributed by atoms with E-state index in [2.05, 4.69) is 0 Å². The van der Waals surface area contributed by atoms with E-state index in [4.69, 9.17) is 18.9 Å². The highest BCUT2D eigenvalue weighted by Crippen LogP contribution is 2.46. The van der Waals surface area contributed by atoms with Crippen molar-refractivity contribution in [2.45, 2.75) is 6.04 Å². The summed E-state index contributed by atoms with van der Waals surface area (Å²) >= 11 is 1.38. The number of hydrogen-bond donors (Lipinski definition) is 0. The minimum atomic E-state index is -0.797. The molecule has 3 heterocycles. The SMILES string of the molecule is COc1ccc(OC)c([C@@H]2c3c(oc4ccccc4c3=O)C(=O)N2c2nc3ccccc3s2)c1. The highest BCUT2D eigenvalue weighted by atomic mass is 32.1. The first-order chi connectivity index (χ1) is 16.6. The number of benzene rings is 3. The normalized spacial score (nSPS) is 15.2. The third kappa shape index (κ3) is 2.92. The number of carbonyl (C=O) groups is 1. The summed E-state index contributed by atoms with van der Waals surface area (Å²) in [4.78, 5) is 33.8. The Balaban J connectivity index is 1.68. The van der Waals surface area contributed by atoms with Crippen molar-refractivity contribution in [2.75, 3.05) is 19.1 Å². The quantitative estimate of drug-likeness (QED) is 0.360. The molecule has 6 rings (SSSR count). The van der Waals surface area contributed by atoms with E-state index in [0.717, 1.165) is 10.2 Å². The first-order valence-electron chi connectivity index (χ1n) is 10.6. The number of nitrogens with zero attached hydrogens (tertiary/aromatic N) is 2. The molecule has 8 heteroatoms. The molecule has 1 atom stereocenters. The molecule has 0 unspecified atom stereocenters. The molecular formula is C26H18N2O5S. The lowest BCUT2D eigenvalue weighted by molar-refractivity contribution is 0.0971. The van der Waals surface area contributed by atoms with E-state index in [9.17, 15) is 9.59 Å². The Morgan fingerprint density at radius 3 is 2.56 bits per heavy atom. The van der Waals surface area contributed by atoms with Crippen molar-refractivity contribution < 1.29 is 18.7 Å². The zero-order valence-electron chi connectivity index (χ0n) is 18.3. The Hall–Kier alpha value is -4.17. The van der Waals surface area contributed by atoms with Crippen LogP contribution in [-0.4, -0.2) is 25.1 Å². The van der Waals surface area contributed by atoms with Gasteiger partial charge in [-0.15, -0.1) is 0 Å². The molecule has 34 heavy (non-hydrogen) atoms. The van der Waals surface area contributed by atoms with Crippen LogP contribution < -0.4 is 19.8 Å². The summed E-state index contributed by atoms with van der Waals surface area (Å²) in [5, 5.41) is 0.878. The summed E-state index contributed by atoms with van der Waals surface area (Å²) in [5.74, 6) is 0.681. The van der Waals surface area contributed by atoms with Crippen LogP contribution in [-0.2, 0) is 0 Å². The first kappa shape index (κ1) is 20.4. The van der Waals surface area contributed by atoms with Gasteiger partial charge < -0.3 is 13.9 Å². The molecule has 0 spiro atoms. The number of thiazole rings is 1. The van der Waals surface area contributed by atoms with E-state index < -0.39 is 11.9 Å². The highest BCUT2D eigenvalue weighted by molar-refractivity contribution is 7.22. The smallest absolute Gasteiger partial charge is 0.297 e. The summed E-state index contributed by atoms with van der Waals surface area (Å²) < 4.78 is 18.0. The lowest BCUT2D eigenvalue weighted by Gasteiger charge is -2.24. The van der Waals surface area contributed by atoms with Gasteiger partial charge in [-0.3, -0.25) is 14.5 Å². The summed E-state index contributed by atoms with van der Waals surface area (Å²) in [6, 6.07) is 19.1. The van der Waals surface area contributed by atoms with Crippen LogP contribution in [0, 0.1) is 0 Å². The molecular weight excluding hydrogens is 452 g/mol. The van der Waals surface area contributed by atoms with Crippen LogP contribution >= 0.6 is 11.3 Å². The number of fused-ring (bicyclic) bond motifs is 3. The minimum Gasteiger partial charge on any atom is -0.497 e. The molecule has 1 amide bonds. The predicted molar refractivity (Wildman–Crippen MR) is 130 cm³/mol. The maximum absolute atomic E-state index is 13.8. The molecule has 3 aromatic carbocycles. The lowest BCUT2D eigenvalue weighted by Crippen LogP contribution is -2.29. The molecule has 1 aliphatic rings. The summed E-state index contributed by atoms with van der Waals surface area (Å²) in [5.41, 5.74) is 1.74. The van der Waals surface area contributed by atoms with E-state index >= 15 is 0 Å². The molecule has 0 saturated carbocycles. The number of ether oxygens (including phenoxy) is 2. The van der Waals surface area contributed by atoms with Gasteiger partial charge in [-0.25, -0.2) is 4.98 Å². The van der Waals surface area contributed by atoms with Crippen LogP contribution in [0.1, 0.15) is 27.7 Å². The van der Waals surface area contributed by atoms with Crippen molar-refractivity contribution in [2.24, 2.45) is 0 Å². The van der Waals surface area contributed by atoms with Crippen molar-refractivity contribution in [3.63, 3.8) is 0 Å². The molecule has 0 radical (unpaired) electrons. The van der Waals surface area contributed by atoms with Crippen LogP contribution in [0.15, 0.2) is 75.9 Å². The monoisotopic (exact) mass is 470 g/mol. The maximum atomic E-state index is 13.8. The van der Waals surface area contributed by atoms with Crippen molar-refractivity contribution in [1.29, 1.82) is 0 Å². The Labute approximate surface area is 197 Å². The Morgan fingerprint density at radius 1 is 0.971 bits per heavy atom. The fourth-order valence-corrected chi connectivity index (χ4v) is 5.42. The van der Waals surface area contributed by atoms with Crippen LogP contribution in [0.5, 0.6) is 11.5 Å². The highest BCUT2D eigenvalue weighted by Gasteiger charge is 2.46. The Kier molecular flexibility index (Phi) is 4.63. The molecule has 0 saturated heterocycles. The zero-order valence-corrected chi connectivity index (χ0v) is 19.1. The number of anilines is 1. The van der Waals surface area contributed by atoms with E-state index in [0.29, 0.717) is 33.2 Å². The molecule has 5 aromatic rings. The van der Waals surface area contributed by atoms with Gasteiger partial charge in [-0.2, -0.15) is 0 Å². The first-order valence-corrected chi connectivity index (χ1v) is 11.4. The second kappa shape index (κ2) is 7.71. The van der Waals surface area contributed by atoms with Gasteiger partial charge in [0.1, 0.15) is 23.1 Å². The van der Waals surface area contributed by atoms with Crippen molar-refractivity contribution in [3.8, 4) is 11.5 Å². The van der Waals surface area contributed by atoms with Gasteiger partial charge in [0.15, 0.2) is 10.6 Å². The van der Waals surface area contributed by atoms with E-state index in [-0.39, 0.29) is 16.8 Å². The summed E-state index contributed by atoms with van der Waals surface area (Å²) in [7, 11) is 3.11. The van der Waals surface area contributed by atoms with Gasteiger partial charge in [0.2, 0.25) is 5.76 Å². The minimum absolute atomic E-state index is 0.0119. The topological polar surface area (TPSA) is 81.9 Å². The van der Waals surface area contributed by atoms with E-state index in [1.165, 1.54) is 16.2 Å². The zero-order chi connectivity index (χ0) is 23.4. The number of rotatable bonds is 4. The molecule has 2 aromatic heterocycles. The van der Waals surface area contributed by atoms with Crippen molar-refractivity contribution in [1.82, 2.24) is 4.98 Å². The second-order valence-electron chi connectivity index (χ2n) is 7.82. The standard InChI is InChI=1S/C26H18N2O5S/c1-31-14-11-12-18(32-2)16(13-14)22-21-23(29)15-7-3-5-9-19(15)33-24(21)25(30)28(22)26-27-17-8-4-6-10-20(17)34-26/h3-13,22H,1-2H3/t22-/m1/s1. The molecule has 0 aliphatic carbocycles. The average Bonchev–Trinajstić information content (AvgIpc) is 3.42. The van der Waals surface area contributed by atoms with Gasteiger partial charge in [0.05, 0.1) is 35.4 Å². The van der Waals surface area contributed by atoms with Gasteiger partial charge in [0, 0.05) is 5.56 Å². The fraction of sp³-hybridized carbons (Fsp3) is 0.115. The van der Waals surface area contributed by atoms with Crippen LogP contribution in [0.4, 0.5) is 5.13 Å². The Bertz CT molecular complexity index is 1620. The summed E-state index contributed by atoms with van der Waals surface area (Å²) in [6.45, 7) is 0. The van der Waals surface area contributed by atoms with E-state index in [1.54, 1.807) is 56.7 Å². The van der Waals surface area contributed by atoms with Gasteiger partial charge in [-0.1, -0.05) is 35.6 Å². The number of hydrogen-bond acceptors (Lipinski definition) is 7. The van der Waals surface area contributed by atoms with Gasteiger partial charge in [0.25, 0.3) is 5.91 Å². The number of methoxy groups -OCH3 is 2. The fourth-order valence-electron chi connectivity index (χ4n) is 4.43. The number of amides is 1.